The zero-order valence-corrected chi connectivity index (χ0v) is 9.61. The summed E-state index contributed by atoms with van der Waals surface area (Å²) in [5, 5.41) is 0. The molecule has 1 nitrogen and oxygen atoms in total. The Hall–Kier alpha value is 0.640. The van der Waals surface area contributed by atoms with E-state index in [2.05, 4.69) is 71.3 Å². The summed E-state index contributed by atoms with van der Waals surface area (Å²) in [6.45, 7) is 1.00. The molecule has 0 atom stereocenters. The van der Waals surface area contributed by atoms with Gasteiger partial charge in [0.1, 0.15) is 0 Å². The molecule has 0 bridgehead atoms. The lowest BCUT2D eigenvalue weighted by Crippen LogP contribution is -1.94. The fourth-order valence-electron chi connectivity index (χ4n) is 0.721. The lowest BCUT2D eigenvalue weighted by molar-refractivity contribution is 0.834. The van der Waals surface area contributed by atoms with Gasteiger partial charge in [-0.05, 0) is 5.56 Å². The van der Waals surface area contributed by atoms with Crippen LogP contribution >= 0.6 is 45.7 Å². The van der Waals surface area contributed by atoms with Crippen LogP contribution in [0.5, 0.6) is 0 Å². The molecule has 0 aliphatic carbocycles. The van der Waals surface area contributed by atoms with Crippen molar-refractivity contribution in [1.29, 1.82) is 0 Å². The van der Waals surface area contributed by atoms with Gasteiger partial charge in [0, 0.05) is 52.3 Å². The summed E-state index contributed by atoms with van der Waals surface area (Å²) in [4.78, 5) is 0. The maximum absolute atomic E-state index is 2.27. The molecule has 0 aromatic heterocycles. The monoisotopic (exact) mass is 359 g/mol. The first-order valence-electron chi connectivity index (χ1n) is 2.92. The fraction of sp³-hybridized carbons (Fsp3) is 0.143. The highest BCUT2D eigenvalue weighted by atomic mass is 127. The molecule has 0 aliphatic rings. The van der Waals surface area contributed by atoms with Crippen molar-refractivity contribution in [2.75, 3.05) is 0 Å². The lowest BCUT2D eigenvalue weighted by Gasteiger charge is -2.03. The first-order chi connectivity index (χ1) is 4.79. The summed E-state index contributed by atoms with van der Waals surface area (Å²) in [6, 6.07) is 10.4. The van der Waals surface area contributed by atoms with Crippen molar-refractivity contribution in [2.45, 2.75) is 6.54 Å². The van der Waals surface area contributed by atoms with Gasteiger partial charge in [0.2, 0.25) is 0 Å². The van der Waals surface area contributed by atoms with Gasteiger partial charge in [-0.15, -0.1) is 0 Å². The van der Waals surface area contributed by atoms with Gasteiger partial charge in [0.15, 0.2) is 0 Å². The van der Waals surface area contributed by atoms with E-state index in [4.69, 9.17) is 0 Å². The van der Waals surface area contributed by atoms with Crippen LogP contribution in [-0.2, 0) is 6.54 Å². The molecule has 54 valence electrons. The molecule has 0 fully saturated rings. The van der Waals surface area contributed by atoms with E-state index >= 15 is 0 Å². The number of halogens is 2. The van der Waals surface area contributed by atoms with E-state index in [9.17, 15) is 0 Å². The average Bonchev–Trinajstić information content (AvgIpc) is 1.88. The third-order valence-electron chi connectivity index (χ3n) is 1.14. The van der Waals surface area contributed by atoms with Crippen LogP contribution in [0, 0.1) is 0 Å². The third kappa shape index (κ3) is 3.16. The van der Waals surface area contributed by atoms with Gasteiger partial charge in [-0.25, -0.2) is 0 Å². The predicted octanol–water partition coefficient (Wildman–Crippen LogP) is 3.19. The third-order valence-corrected chi connectivity index (χ3v) is 1.83. The zero-order valence-electron chi connectivity index (χ0n) is 5.30. The number of rotatable bonds is 2. The highest BCUT2D eigenvalue weighted by Crippen LogP contribution is 2.12. The van der Waals surface area contributed by atoms with E-state index in [0.29, 0.717) is 0 Å². The van der Waals surface area contributed by atoms with E-state index in [-0.39, 0.29) is 0 Å². The lowest BCUT2D eigenvalue weighted by atomic mass is 10.2. The van der Waals surface area contributed by atoms with Crippen molar-refractivity contribution in [3.8, 4) is 0 Å². The normalized spacial score (nSPS) is 10.3. The number of hydrogen-bond donors (Lipinski definition) is 0. The van der Waals surface area contributed by atoms with Crippen LogP contribution in [0.15, 0.2) is 30.3 Å². The molecule has 3 heteroatoms. The molecule has 0 unspecified atom stereocenters. The zero-order chi connectivity index (χ0) is 7.40. The van der Waals surface area contributed by atoms with E-state index in [1.165, 1.54) is 5.56 Å². The summed E-state index contributed by atoms with van der Waals surface area (Å²) in [5.74, 6) is 0. The summed E-state index contributed by atoms with van der Waals surface area (Å²) >= 11 is 4.53. The maximum atomic E-state index is 2.27. The van der Waals surface area contributed by atoms with E-state index in [0.717, 1.165) is 6.54 Å². The molecule has 0 saturated carbocycles. The number of nitrogens with zero attached hydrogens (tertiary/aromatic N) is 1. The Morgan fingerprint density at radius 2 is 1.70 bits per heavy atom. The maximum Gasteiger partial charge on any atom is 0.0435 e. The Morgan fingerprint density at radius 1 is 1.10 bits per heavy atom. The quantitative estimate of drug-likeness (QED) is 0.579. The van der Waals surface area contributed by atoms with Crippen LogP contribution in [0.3, 0.4) is 0 Å². The molecule has 1 aromatic rings. The first-order valence-corrected chi connectivity index (χ1v) is 4.85. The minimum atomic E-state index is 1.00. The second-order valence-corrected chi connectivity index (χ2v) is 6.12. The molecule has 0 amide bonds. The minimum absolute atomic E-state index is 1.00. The van der Waals surface area contributed by atoms with E-state index in [1.807, 2.05) is 6.07 Å². The molecular weight excluding hydrogens is 352 g/mol. The van der Waals surface area contributed by atoms with Crippen molar-refractivity contribution in [2.24, 2.45) is 0 Å². The summed E-state index contributed by atoms with van der Waals surface area (Å²) < 4.78 is 2.10. The Labute approximate surface area is 88.8 Å². The van der Waals surface area contributed by atoms with Crippen molar-refractivity contribution < 1.29 is 0 Å². The standard InChI is InChI=1S/C7H7I2N/c8-10(9)6-7-4-2-1-3-5-7/h1-5H,6H2. The number of hydrogen-bond acceptors (Lipinski definition) is 1. The van der Waals surface area contributed by atoms with Gasteiger partial charge in [0.05, 0.1) is 0 Å². The minimum Gasteiger partial charge on any atom is -0.184 e. The Bertz CT molecular complexity index is 186. The van der Waals surface area contributed by atoms with Crippen molar-refractivity contribution in [1.82, 2.24) is 1.33 Å². The highest BCUT2D eigenvalue weighted by molar-refractivity contribution is 14.2. The molecular formula is C7H7I2N. The second-order valence-electron chi connectivity index (χ2n) is 1.95. The van der Waals surface area contributed by atoms with E-state index < -0.39 is 0 Å². The Kier molecular flexibility index (Phi) is 3.93. The molecule has 0 radical (unpaired) electrons. The molecule has 0 saturated heterocycles. The average molecular weight is 359 g/mol. The number of benzene rings is 1. The van der Waals surface area contributed by atoms with Crippen molar-refractivity contribution >= 4 is 45.7 Å². The molecule has 0 N–H and O–H groups in total. The van der Waals surface area contributed by atoms with Gasteiger partial charge >= 0.3 is 0 Å². The van der Waals surface area contributed by atoms with Crippen LogP contribution < -0.4 is 0 Å². The van der Waals surface area contributed by atoms with Crippen LogP contribution in [0.2, 0.25) is 0 Å². The molecule has 1 rings (SSSR count). The van der Waals surface area contributed by atoms with Crippen LogP contribution in [0.25, 0.3) is 0 Å². The smallest absolute Gasteiger partial charge is 0.0435 e. The fourth-order valence-corrected chi connectivity index (χ4v) is 1.51. The second kappa shape index (κ2) is 4.50. The van der Waals surface area contributed by atoms with Gasteiger partial charge in [-0.2, -0.15) is 1.33 Å². The van der Waals surface area contributed by atoms with Gasteiger partial charge in [-0.3, -0.25) is 0 Å². The molecule has 10 heavy (non-hydrogen) atoms. The van der Waals surface area contributed by atoms with Crippen LogP contribution in [0.4, 0.5) is 0 Å². The van der Waals surface area contributed by atoms with Gasteiger partial charge < -0.3 is 0 Å². The summed E-state index contributed by atoms with van der Waals surface area (Å²) in [6.07, 6.45) is 0. The summed E-state index contributed by atoms with van der Waals surface area (Å²) in [5.41, 5.74) is 1.35. The van der Waals surface area contributed by atoms with Crippen LogP contribution in [0.1, 0.15) is 5.56 Å². The van der Waals surface area contributed by atoms with Gasteiger partial charge in [-0.1, -0.05) is 30.3 Å². The molecule has 0 spiro atoms. The largest absolute Gasteiger partial charge is 0.184 e. The Morgan fingerprint density at radius 3 is 2.20 bits per heavy atom. The van der Waals surface area contributed by atoms with Crippen molar-refractivity contribution in [3.63, 3.8) is 0 Å². The molecule has 1 aromatic carbocycles. The highest BCUT2D eigenvalue weighted by Gasteiger charge is 1.93. The van der Waals surface area contributed by atoms with E-state index in [1.54, 1.807) is 0 Å². The topological polar surface area (TPSA) is 3.24 Å². The SMILES string of the molecule is IN(I)Cc1ccccc1. The van der Waals surface area contributed by atoms with Crippen molar-refractivity contribution in [3.05, 3.63) is 35.9 Å². The summed E-state index contributed by atoms with van der Waals surface area (Å²) in [7, 11) is 0. The molecule has 0 heterocycles. The Balaban J connectivity index is 2.59. The van der Waals surface area contributed by atoms with Gasteiger partial charge in [0.25, 0.3) is 0 Å². The predicted molar refractivity (Wildman–Crippen MR) is 60.0 cm³/mol. The molecule has 0 aliphatic heterocycles. The van der Waals surface area contributed by atoms with Crippen LogP contribution in [-0.4, -0.2) is 1.33 Å². The first kappa shape index (κ1) is 8.73.